The highest BCUT2D eigenvalue weighted by molar-refractivity contribution is 9.10. The lowest BCUT2D eigenvalue weighted by Gasteiger charge is -2.09. The first kappa shape index (κ1) is 13.1. The van der Waals surface area contributed by atoms with E-state index in [-0.39, 0.29) is 0 Å². The van der Waals surface area contributed by atoms with Crippen LogP contribution in [0.2, 0.25) is 0 Å². The maximum Gasteiger partial charge on any atom is 0.201 e. The van der Waals surface area contributed by atoms with Gasteiger partial charge in [-0.1, -0.05) is 28.9 Å². The standard InChI is InChI=1S/C15H15BrN4/c1-2-10-4-3-7-18-13(10)9-20-14-6-5-11(16)8-12(14)19-15(20)17/h3-8H,2,9H2,1H3,(H2,17,19). The third-order valence-electron chi connectivity index (χ3n) is 3.41. The predicted octanol–water partition coefficient (Wildman–Crippen LogP) is 3.39. The van der Waals surface area contributed by atoms with E-state index in [4.69, 9.17) is 5.73 Å². The molecule has 0 bridgehead atoms. The monoisotopic (exact) mass is 330 g/mol. The van der Waals surface area contributed by atoms with Gasteiger partial charge >= 0.3 is 0 Å². The second-order valence-electron chi connectivity index (χ2n) is 4.65. The molecule has 2 N–H and O–H groups in total. The Labute approximate surface area is 125 Å². The van der Waals surface area contributed by atoms with E-state index in [1.807, 2.05) is 35.0 Å². The molecule has 0 spiro atoms. The summed E-state index contributed by atoms with van der Waals surface area (Å²) in [6.07, 6.45) is 2.78. The number of pyridine rings is 1. The molecule has 2 heterocycles. The summed E-state index contributed by atoms with van der Waals surface area (Å²) in [4.78, 5) is 8.89. The maximum atomic E-state index is 6.05. The molecule has 5 heteroatoms. The Hall–Kier alpha value is -1.88. The number of hydrogen-bond acceptors (Lipinski definition) is 3. The van der Waals surface area contributed by atoms with Crippen molar-refractivity contribution >= 4 is 32.9 Å². The molecule has 0 saturated carbocycles. The molecule has 3 aromatic rings. The average Bonchev–Trinajstić information content (AvgIpc) is 2.75. The minimum Gasteiger partial charge on any atom is -0.369 e. The number of nitrogens with zero attached hydrogens (tertiary/aromatic N) is 3. The first-order valence-electron chi connectivity index (χ1n) is 6.53. The van der Waals surface area contributed by atoms with Gasteiger partial charge in [0.1, 0.15) is 0 Å². The number of aromatic nitrogens is 3. The quantitative estimate of drug-likeness (QED) is 0.800. The third-order valence-corrected chi connectivity index (χ3v) is 3.91. The normalized spacial score (nSPS) is 11.1. The van der Waals surface area contributed by atoms with E-state index in [2.05, 4.69) is 38.9 Å². The van der Waals surface area contributed by atoms with Gasteiger partial charge in [-0.25, -0.2) is 4.98 Å². The summed E-state index contributed by atoms with van der Waals surface area (Å²) in [6.45, 7) is 2.78. The van der Waals surface area contributed by atoms with E-state index in [0.717, 1.165) is 27.6 Å². The molecule has 2 aromatic heterocycles. The van der Waals surface area contributed by atoms with Crippen LogP contribution in [0.15, 0.2) is 41.0 Å². The van der Waals surface area contributed by atoms with Gasteiger partial charge in [0.05, 0.1) is 23.3 Å². The van der Waals surface area contributed by atoms with Crippen molar-refractivity contribution in [2.24, 2.45) is 0 Å². The number of fused-ring (bicyclic) bond motifs is 1. The summed E-state index contributed by atoms with van der Waals surface area (Å²) in [5, 5.41) is 0. The van der Waals surface area contributed by atoms with Gasteiger partial charge in [-0.3, -0.25) is 4.98 Å². The van der Waals surface area contributed by atoms with E-state index in [0.29, 0.717) is 12.5 Å². The molecule has 0 atom stereocenters. The van der Waals surface area contributed by atoms with Gasteiger partial charge in [-0.15, -0.1) is 0 Å². The van der Waals surface area contributed by atoms with Crippen molar-refractivity contribution in [2.45, 2.75) is 19.9 Å². The molecule has 0 fully saturated rings. The molecule has 3 rings (SSSR count). The number of anilines is 1. The van der Waals surface area contributed by atoms with Crippen LogP contribution in [-0.2, 0) is 13.0 Å². The summed E-state index contributed by atoms with van der Waals surface area (Å²) in [5.74, 6) is 0.519. The van der Waals surface area contributed by atoms with Crippen molar-refractivity contribution in [3.05, 3.63) is 52.3 Å². The van der Waals surface area contributed by atoms with Crippen molar-refractivity contribution in [2.75, 3.05) is 5.73 Å². The number of imidazole rings is 1. The van der Waals surface area contributed by atoms with Crippen molar-refractivity contribution in [3.63, 3.8) is 0 Å². The number of nitrogens with two attached hydrogens (primary N) is 1. The Morgan fingerprint density at radius 1 is 1.30 bits per heavy atom. The molecule has 0 aliphatic rings. The van der Waals surface area contributed by atoms with Gasteiger partial charge < -0.3 is 10.3 Å². The molecule has 20 heavy (non-hydrogen) atoms. The van der Waals surface area contributed by atoms with E-state index in [1.165, 1.54) is 5.56 Å². The summed E-state index contributed by atoms with van der Waals surface area (Å²) in [5.41, 5.74) is 10.3. The van der Waals surface area contributed by atoms with Crippen molar-refractivity contribution < 1.29 is 0 Å². The van der Waals surface area contributed by atoms with Crippen molar-refractivity contribution in [1.82, 2.24) is 14.5 Å². The molecule has 0 saturated heterocycles. The molecule has 0 amide bonds. The lowest BCUT2D eigenvalue weighted by atomic mass is 10.1. The zero-order valence-electron chi connectivity index (χ0n) is 11.2. The van der Waals surface area contributed by atoms with E-state index in [9.17, 15) is 0 Å². The minimum absolute atomic E-state index is 0.519. The molecule has 0 unspecified atom stereocenters. The molecule has 0 aliphatic carbocycles. The molecule has 0 aliphatic heterocycles. The van der Waals surface area contributed by atoms with Gasteiger partial charge in [0.15, 0.2) is 0 Å². The smallest absolute Gasteiger partial charge is 0.201 e. The number of nitrogen functional groups attached to an aromatic ring is 1. The second-order valence-corrected chi connectivity index (χ2v) is 5.57. The zero-order chi connectivity index (χ0) is 14.1. The highest BCUT2D eigenvalue weighted by Crippen LogP contribution is 2.23. The fraction of sp³-hybridized carbons (Fsp3) is 0.200. The van der Waals surface area contributed by atoms with Gasteiger partial charge in [-0.2, -0.15) is 0 Å². The number of benzene rings is 1. The minimum atomic E-state index is 0.519. The maximum absolute atomic E-state index is 6.05. The SMILES string of the molecule is CCc1cccnc1Cn1c(N)nc2cc(Br)ccc21. The third kappa shape index (κ3) is 2.29. The van der Waals surface area contributed by atoms with E-state index < -0.39 is 0 Å². The largest absolute Gasteiger partial charge is 0.369 e. The number of halogens is 1. The molecular formula is C15H15BrN4. The second kappa shape index (κ2) is 5.25. The fourth-order valence-corrected chi connectivity index (χ4v) is 2.72. The van der Waals surface area contributed by atoms with Crippen LogP contribution in [0.5, 0.6) is 0 Å². The lowest BCUT2D eigenvalue weighted by molar-refractivity contribution is 0.793. The van der Waals surface area contributed by atoms with Gasteiger partial charge in [-0.05, 0) is 36.2 Å². The number of aryl methyl sites for hydroxylation is 1. The van der Waals surface area contributed by atoms with Crippen LogP contribution in [-0.4, -0.2) is 14.5 Å². The van der Waals surface area contributed by atoms with E-state index in [1.54, 1.807) is 0 Å². The van der Waals surface area contributed by atoms with Crippen LogP contribution in [0.25, 0.3) is 11.0 Å². The van der Waals surface area contributed by atoms with Crippen molar-refractivity contribution in [3.8, 4) is 0 Å². The predicted molar refractivity (Wildman–Crippen MR) is 84.6 cm³/mol. The van der Waals surface area contributed by atoms with E-state index >= 15 is 0 Å². The average molecular weight is 331 g/mol. The molecule has 4 nitrogen and oxygen atoms in total. The molecule has 102 valence electrons. The molecule has 1 aromatic carbocycles. The Balaban J connectivity index is 2.08. The number of rotatable bonds is 3. The first-order chi connectivity index (χ1) is 9.69. The summed E-state index contributed by atoms with van der Waals surface area (Å²) >= 11 is 3.45. The Bertz CT molecular complexity index is 764. The highest BCUT2D eigenvalue weighted by Gasteiger charge is 2.11. The van der Waals surface area contributed by atoms with Gasteiger partial charge in [0.2, 0.25) is 5.95 Å². The van der Waals surface area contributed by atoms with Gasteiger partial charge in [0.25, 0.3) is 0 Å². The summed E-state index contributed by atoms with van der Waals surface area (Å²) in [6, 6.07) is 10.1. The van der Waals surface area contributed by atoms with Crippen LogP contribution in [0.4, 0.5) is 5.95 Å². The fourth-order valence-electron chi connectivity index (χ4n) is 2.37. The topological polar surface area (TPSA) is 56.7 Å². The summed E-state index contributed by atoms with van der Waals surface area (Å²) in [7, 11) is 0. The van der Waals surface area contributed by atoms with Gasteiger partial charge in [0, 0.05) is 10.7 Å². The highest BCUT2D eigenvalue weighted by atomic mass is 79.9. The number of hydrogen-bond donors (Lipinski definition) is 1. The van der Waals surface area contributed by atoms with Crippen LogP contribution in [0, 0.1) is 0 Å². The molecular weight excluding hydrogens is 316 g/mol. The molecule has 0 radical (unpaired) electrons. The van der Waals surface area contributed by atoms with Crippen LogP contribution in [0.3, 0.4) is 0 Å². The Morgan fingerprint density at radius 2 is 2.15 bits per heavy atom. The Kier molecular flexibility index (Phi) is 3.44. The first-order valence-corrected chi connectivity index (χ1v) is 7.32. The Morgan fingerprint density at radius 3 is 2.95 bits per heavy atom. The van der Waals surface area contributed by atoms with Crippen molar-refractivity contribution in [1.29, 1.82) is 0 Å². The van der Waals surface area contributed by atoms with Crippen LogP contribution >= 0.6 is 15.9 Å². The van der Waals surface area contributed by atoms with Crippen LogP contribution in [0.1, 0.15) is 18.2 Å². The van der Waals surface area contributed by atoms with Crippen LogP contribution < -0.4 is 5.73 Å². The zero-order valence-corrected chi connectivity index (χ0v) is 12.8. The lowest BCUT2D eigenvalue weighted by Crippen LogP contribution is -2.08. The summed E-state index contributed by atoms with van der Waals surface area (Å²) < 4.78 is 3.00.